The predicted octanol–water partition coefficient (Wildman–Crippen LogP) is 10.2. The molecule has 36 heteroatoms. The second kappa shape index (κ2) is 38.1. The van der Waals surface area contributed by atoms with E-state index in [4.69, 9.17) is 59.9 Å². The predicted molar refractivity (Wildman–Crippen MR) is 304 cm³/mol. The number of nitrogens with one attached hydrogen (secondary N) is 3. The number of carbonyl (C=O) groups is 6. The molecule has 6 rings (SSSR count). The molecule has 0 aliphatic rings. The number of aromatic amines is 2. The van der Waals surface area contributed by atoms with Crippen molar-refractivity contribution in [2.75, 3.05) is 50.7 Å². The van der Waals surface area contributed by atoms with Gasteiger partial charge in [0.05, 0.1) is 105 Å². The summed E-state index contributed by atoms with van der Waals surface area (Å²) in [6.45, 7) is 10.4. The number of H-pyrrole nitrogens is 2. The molecule has 0 bridgehead atoms. The van der Waals surface area contributed by atoms with Crippen LogP contribution in [0.5, 0.6) is 0 Å². The summed E-state index contributed by atoms with van der Waals surface area (Å²) in [5, 5.41) is 9.84. The zero-order valence-electron chi connectivity index (χ0n) is 48.8. The average molecular weight is 1390 g/mol. The molecule has 0 spiro atoms. The number of rotatable bonds is 15. The van der Waals surface area contributed by atoms with Crippen LogP contribution in [0.25, 0.3) is 21.8 Å². The SMILES string of the molecule is CCOC(=O)C(=CNc1cc(C(F)(F)F)ccc1Cl)C(=O)OCC.CCOC(=O)c1c[nH]c2c(Cl)ccc(C(F)(F)F)c2c1=O.CCOC=C(C(=O)OCC)C(=O)OCC.Nc1cc(C(F)(F)F)ccc1Cl.O=C(O)c1c[nH]c2cccc(C(F)(F)F)c2c1=O.[Na+].[OH-]. The largest absolute Gasteiger partial charge is 1.00 e. The number of pyridine rings is 2. The van der Waals surface area contributed by atoms with Crippen LogP contribution in [0.2, 0.25) is 15.1 Å². The van der Waals surface area contributed by atoms with Crippen LogP contribution in [-0.4, -0.2) is 96.0 Å². The van der Waals surface area contributed by atoms with Gasteiger partial charge < -0.3 is 60.0 Å². The molecule has 0 saturated carbocycles. The minimum atomic E-state index is -4.75. The Labute approximate surface area is 549 Å². The third-order valence-electron chi connectivity index (χ3n) is 10.6. The molecule has 0 saturated heterocycles. The first-order chi connectivity index (χ1) is 41.9. The molecule has 0 atom stereocenters. The number of aromatic nitrogens is 2. The number of hydrogen-bond acceptors (Lipinski definition) is 17. The van der Waals surface area contributed by atoms with Crippen molar-refractivity contribution in [2.45, 2.75) is 66.2 Å². The van der Waals surface area contributed by atoms with Crippen molar-refractivity contribution in [3.05, 3.63) is 172 Å². The molecule has 6 aromatic rings. The zero-order valence-corrected chi connectivity index (χ0v) is 53.0. The monoisotopic (exact) mass is 1390 g/mol. The first-order valence-corrected chi connectivity index (χ1v) is 26.5. The number of halogens is 15. The summed E-state index contributed by atoms with van der Waals surface area (Å²) in [7, 11) is 0. The average Bonchev–Trinajstić information content (AvgIpc) is 0.893. The molecule has 0 radical (unpaired) electrons. The number of carboxylic acids is 1. The molecule has 7 N–H and O–H groups in total. The van der Waals surface area contributed by atoms with Gasteiger partial charge in [-0.15, -0.1) is 0 Å². The molecule has 20 nitrogen and oxygen atoms in total. The second-order valence-corrected chi connectivity index (χ2v) is 17.9. The van der Waals surface area contributed by atoms with Gasteiger partial charge in [-0.2, -0.15) is 52.7 Å². The number of aromatic carboxylic acids is 1. The third-order valence-corrected chi connectivity index (χ3v) is 11.6. The van der Waals surface area contributed by atoms with E-state index in [1.54, 1.807) is 20.8 Å². The number of nitrogen functional groups attached to an aromatic ring is 1. The van der Waals surface area contributed by atoms with Crippen molar-refractivity contribution >= 4 is 104 Å². The molecule has 2 aromatic heterocycles. The Kier molecular flexibility index (Phi) is 34.8. The van der Waals surface area contributed by atoms with Crippen LogP contribution in [0, 0.1) is 0 Å². The Morgan fingerprint density at radius 3 is 1.42 bits per heavy atom. The van der Waals surface area contributed by atoms with Crippen LogP contribution in [0.3, 0.4) is 0 Å². The zero-order chi connectivity index (χ0) is 68.6. The van der Waals surface area contributed by atoms with E-state index >= 15 is 0 Å². The number of benzene rings is 4. The minimum Gasteiger partial charge on any atom is -0.870 e. The molecule has 0 fully saturated rings. The number of hydrogen-bond donors (Lipinski definition) is 5. The van der Waals surface area contributed by atoms with Gasteiger partial charge in [0.2, 0.25) is 10.9 Å². The van der Waals surface area contributed by atoms with Gasteiger partial charge in [0.15, 0.2) is 11.1 Å². The van der Waals surface area contributed by atoms with Crippen molar-refractivity contribution in [2.24, 2.45) is 0 Å². The molecular weight excluding hydrogens is 1340 g/mol. The van der Waals surface area contributed by atoms with E-state index in [-0.39, 0.29) is 111 Å². The summed E-state index contributed by atoms with van der Waals surface area (Å²) in [4.78, 5) is 97.1. The molecule has 2 heterocycles. The van der Waals surface area contributed by atoms with Gasteiger partial charge in [-0.05, 0) is 102 Å². The van der Waals surface area contributed by atoms with Gasteiger partial charge >= 0.3 is 90.1 Å². The van der Waals surface area contributed by atoms with Gasteiger partial charge in [0.25, 0.3) is 0 Å². The number of nitrogens with two attached hydrogens (primary N) is 1. The molecule has 0 unspecified atom stereocenters. The van der Waals surface area contributed by atoms with Gasteiger partial charge in [-0.1, -0.05) is 40.9 Å². The van der Waals surface area contributed by atoms with E-state index in [0.29, 0.717) is 12.7 Å². The van der Waals surface area contributed by atoms with Crippen molar-refractivity contribution < 1.29 is 150 Å². The van der Waals surface area contributed by atoms with Crippen molar-refractivity contribution in [1.29, 1.82) is 0 Å². The Morgan fingerprint density at radius 1 is 0.543 bits per heavy atom. The van der Waals surface area contributed by atoms with Crippen molar-refractivity contribution in [3.8, 4) is 0 Å². The summed E-state index contributed by atoms with van der Waals surface area (Å²) in [6.07, 6.45) is -14.5. The van der Waals surface area contributed by atoms with Crippen molar-refractivity contribution in [1.82, 2.24) is 9.97 Å². The molecule has 0 amide bonds. The van der Waals surface area contributed by atoms with E-state index in [1.807, 2.05) is 0 Å². The third kappa shape index (κ3) is 24.9. The maximum Gasteiger partial charge on any atom is 1.00 e. The Morgan fingerprint density at radius 2 is 0.978 bits per heavy atom. The number of ether oxygens (including phenoxy) is 6. The normalized spacial score (nSPS) is 10.8. The molecule has 498 valence electrons. The quantitative estimate of drug-likeness (QED) is 0.00734. The summed E-state index contributed by atoms with van der Waals surface area (Å²) < 4.78 is 180. The van der Waals surface area contributed by atoms with E-state index in [9.17, 15) is 91.0 Å². The fourth-order valence-corrected chi connectivity index (χ4v) is 7.12. The van der Waals surface area contributed by atoms with E-state index in [1.165, 1.54) is 26.8 Å². The Balaban J connectivity index is 0.00000114. The fourth-order valence-electron chi connectivity index (χ4n) is 6.62. The standard InChI is InChI=1S/C15H15ClF3NO4.C13H9ClF3NO3.C11H6F3NO3.C10H16O5.C7H5ClF3N.Na.H2O/c1-3-23-13(21)10(14(22)24-4-2)8-20-12-7-9(15(17,18)19)5-6-11(12)16;1-2-21-12(20)6-5-18-10-8(14)4-3-7(13(15,16)17)9(10)11(6)19;12-11(13,14)6-2-1-3-7-8(6)9(16)5(4-15-7)10(17)18;1-4-13-7-8(9(11)14-5-2)10(12)15-6-3;8-5-2-1-4(3-6(5)12)7(9,10)11;;/h5-8,20H,3-4H2,1-2H3;3-5H,2H2,1H3,(H,18,19);1-4H,(H,15,16)(H,17,18);7H,4-6H2,1-3H3;1-3H,12H2;;1H2/q;;;;;+1;/p-1. The first kappa shape index (κ1) is 84.0. The van der Waals surface area contributed by atoms with Crippen LogP contribution in [0.1, 0.15) is 84.5 Å². The Bertz CT molecular complexity index is 3690. The summed E-state index contributed by atoms with van der Waals surface area (Å²) >= 11 is 17.0. The fraction of sp³-hybridized carbons (Fsp3) is 0.286. The van der Waals surface area contributed by atoms with Crippen LogP contribution in [0.15, 0.2) is 112 Å². The number of anilines is 2. The van der Waals surface area contributed by atoms with Gasteiger partial charge in [-0.25, -0.2) is 28.8 Å². The first-order valence-electron chi connectivity index (χ1n) is 25.4. The molecular formula is C56H52Cl3F12N4NaO16. The van der Waals surface area contributed by atoms with Crippen LogP contribution >= 0.6 is 34.8 Å². The Hall–Kier alpha value is -8.01. The molecule has 0 aliphatic heterocycles. The van der Waals surface area contributed by atoms with Crippen LogP contribution in [-0.2, 0) is 72.3 Å². The summed E-state index contributed by atoms with van der Waals surface area (Å²) in [6, 6.07) is 10.3. The maximum absolute atomic E-state index is 13.0. The number of esters is 5. The number of fused-ring (bicyclic) bond motifs is 2. The minimum absolute atomic E-state index is 0. The van der Waals surface area contributed by atoms with Gasteiger partial charge in [-0.3, -0.25) is 9.59 Å². The summed E-state index contributed by atoms with van der Waals surface area (Å²) in [5.74, 6) is -5.96. The van der Waals surface area contributed by atoms with Crippen molar-refractivity contribution in [3.63, 3.8) is 0 Å². The topological polar surface area (TPSA) is 312 Å². The second-order valence-electron chi connectivity index (χ2n) is 16.7. The summed E-state index contributed by atoms with van der Waals surface area (Å²) in [5.41, 5.74) is -3.43. The smallest absolute Gasteiger partial charge is 0.870 e. The molecule has 92 heavy (non-hydrogen) atoms. The van der Waals surface area contributed by atoms with Gasteiger partial charge in [0.1, 0.15) is 17.4 Å². The van der Waals surface area contributed by atoms with Crippen LogP contribution < -0.4 is 51.5 Å². The van der Waals surface area contributed by atoms with E-state index in [0.717, 1.165) is 79.5 Å². The number of carbonyl (C=O) groups excluding carboxylic acids is 5. The van der Waals surface area contributed by atoms with Crippen LogP contribution in [0.4, 0.5) is 64.1 Å². The number of alkyl halides is 12. The van der Waals surface area contributed by atoms with E-state index < -0.39 is 121 Å². The number of carboxylic acid groups (broad SMARTS) is 1. The maximum atomic E-state index is 13.0. The molecule has 0 aliphatic carbocycles. The molecule has 4 aromatic carbocycles. The van der Waals surface area contributed by atoms with Gasteiger partial charge in [0, 0.05) is 24.1 Å². The van der Waals surface area contributed by atoms with E-state index in [2.05, 4.69) is 29.5 Å².